The summed E-state index contributed by atoms with van der Waals surface area (Å²) < 4.78 is 0. The van der Waals surface area contributed by atoms with Gasteiger partial charge in [0.05, 0.1) is 0 Å². The van der Waals surface area contributed by atoms with Crippen LogP contribution in [0.3, 0.4) is 0 Å². The molecule has 134 valence electrons. The Hall–Kier alpha value is 0.430. The average molecular weight is 345 g/mol. The topological polar surface area (TPSA) is 0 Å². The second kappa shape index (κ2) is 5.71. The molecule has 24 heavy (non-hydrogen) atoms. The molecule has 0 amide bonds. The number of hydrogen-bond acceptors (Lipinski definition) is 0. The summed E-state index contributed by atoms with van der Waals surface area (Å²) in [7, 11) is 0.339. The van der Waals surface area contributed by atoms with E-state index in [0.717, 1.165) is 0 Å². The molecule has 8 saturated carbocycles. The summed E-state index contributed by atoms with van der Waals surface area (Å²) in [6, 6.07) is 0. The highest BCUT2D eigenvalue weighted by Crippen LogP contribution is 2.71. The Morgan fingerprint density at radius 2 is 0.875 bits per heavy atom. The maximum atomic E-state index is 2.50. The van der Waals surface area contributed by atoms with Gasteiger partial charge in [-0.3, -0.25) is 0 Å². The molecule has 0 aromatic carbocycles. The molecule has 0 nitrogen and oxygen atoms in total. The molecule has 8 rings (SSSR count). The molecule has 8 bridgehead atoms. The zero-order valence-electron chi connectivity index (χ0n) is 15.7. The highest BCUT2D eigenvalue weighted by atomic mass is 31.1. The summed E-state index contributed by atoms with van der Waals surface area (Å²) in [6.45, 7) is 2.50. The van der Waals surface area contributed by atoms with Crippen molar-refractivity contribution in [2.75, 3.05) is 6.16 Å². The smallest absolute Gasteiger partial charge is 0.0149 e. The lowest BCUT2D eigenvalue weighted by Gasteiger charge is -2.62. The van der Waals surface area contributed by atoms with Crippen molar-refractivity contribution in [2.45, 2.75) is 88.9 Å². The fourth-order valence-corrected chi connectivity index (χ4v) is 14.3. The Morgan fingerprint density at radius 3 is 1.17 bits per heavy atom. The summed E-state index contributed by atoms with van der Waals surface area (Å²) in [5, 5.41) is 0. The molecule has 0 aromatic rings. The normalized spacial score (nSPS) is 58.4. The Balaban J connectivity index is 1.31. The minimum atomic E-state index is 0.339. The highest BCUT2D eigenvalue weighted by Gasteiger charge is 2.56. The summed E-state index contributed by atoms with van der Waals surface area (Å²) in [5.74, 6) is 9.43. The third-order valence-electron chi connectivity index (χ3n) is 9.60. The van der Waals surface area contributed by atoms with E-state index in [1.54, 1.807) is 70.4 Å². The van der Waals surface area contributed by atoms with Gasteiger partial charge in [0.25, 0.3) is 0 Å². The molecular weight excluding hydrogens is 307 g/mol. The Morgan fingerprint density at radius 1 is 0.542 bits per heavy atom. The molecule has 0 atom stereocenters. The molecule has 8 aliphatic carbocycles. The molecule has 0 aliphatic heterocycles. The van der Waals surface area contributed by atoms with Crippen molar-refractivity contribution in [3.05, 3.63) is 0 Å². The van der Waals surface area contributed by atoms with Gasteiger partial charge >= 0.3 is 0 Å². The van der Waals surface area contributed by atoms with Crippen molar-refractivity contribution < 1.29 is 0 Å². The van der Waals surface area contributed by atoms with Crippen molar-refractivity contribution in [1.82, 2.24) is 0 Å². The van der Waals surface area contributed by atoms with Gasteiger partial charge in [-0.05, 0) is 129 Å². The first-order valence-electron chi connectivity index (χ1n) is 11.5. The van der Waals surface area contributed by atoms with E-state index in [2.05, 4.69) is 6.92 Å². The van der Waals surface area contributed by atoms with Crippen LogP contribution in [0.2, 0.25) is 0 Å². The van der Waals surface area contributed by atoms with Crippen LogP contribution in [0.4, 0.5) is 0 Å². The second-order valence-electron chi connectivity index (χ2n) is 11.1. The van der Waals surface area contributed by atoms with Crippen LogP contribution in [0.25, 0.3) is 0 Å². The maximum Gasteiger partial charge on any atom is -0.0149 e. The van der Waals surface area contributed by atoms with Crippen LogP contribution >= 0.6 is 7.92 Å². The molecule has 8 fully saturated rings. The van der Waals surface area contributed by atoms with Gasteiger partial charge in [-0.1, -0.05) is 21.3 Å². The van der Waals surface area contributed by atoms with Gasteiger partial charge in [0.15, 0.2) is 0 Å². The Labute approximate surface area is 150 Å². The fraction of sp³-hybridized carbons (Fsp3) is 1.00. The van der Waals surface area contributed by atoms with Crippen LogP contribution in [-0.2, 0) is 0 Å². The predicted molar refractivity (Wildman–Crippen MR) is 104 cm³/mol. The number of hydrogen-bond donors (Lipinski definition) is 0. The van der Waals surface area contributed by atoms with Crippen LogP contribution in [0.1, 0.15) is 77.6 Å². The van der Waals surface area contributed by atoms with Gasteiger partial charge in [-0.2, -0.15) is 0 Å². The quantitative estimate of drug-likeness (QED) is 0.509. The van der Waals surface area contributed by atoms with Crippen molar-refractivity contribution in [1.29, 1.82) is 0 Å². The molecule has 8 aliphatic rings. The lowest BCUT2D eigenvalue weighted by molar-refractivity contribution is 0.0130. The molecule has 0 saturated heterocycles. The first-order chi connectivity index (χ1) is 11.8. The van der Waals surface area contributed by atoms with E-state index in [4.69, 9.17) is 0 Å². The third-order valence-corrected chi connectivity index (χ3v) is 13.8. The van der Waals surface area contributed by atoms with Crippen LogP contribution in [-0.4, -0.2) is 17.5 Å². The molecule has 0 heterocycles. The molecule has 0 radical (unpaired) electrons. The first kappa shape index (κ1) is 15.5. The monoisotopic (exact) mass is 344 g/mol. The van der Waals surface area contributed by atoms with Crippen molar-refractivity contribution in [3.63, 3.8) is 0 Å². The van der Waals surface area contributed by atoms with Crippen LogP contribution in [0.15, 0.2) is 0 Å². The Kier molecular flexibility index (Phi) is 3.68. The zero-order valence-corrected chi connectivity index (χ0v) is 16.6. The minimum Gasteiger partial charge on any atom is -0.0992 e. The maximum absolute atomic E-state index is 2.50. The van der Waals surface area contributed by atoms with Gasteiger partial charge in [0.2, 0.25) is 0 Å². The summed E-state index contributed by atoms with van der Waals surface area (Å²) in [6.07, 6.45) is 19.7. The van der Waals surface area contributed by atoms with Crippen molar-refractivity contribution in [2.24, 2.45) is 47.3 Å². The van der Waals surface area contributed by atoms with E-state index in [-0.39, 0.29) is 0 Å². The Bertz CT molecular complexity index is 398. The van der Waals surface area contributed by atoms with E-state index in [9.17, 15) is 0 Å². The second-order valence-corrected chi connectivity index (χ2v) is 13.7. The van der Waals surface area contributed by atoms with Gasteiger partial charge in [0.1, 0.15) is 0 Å². The molecule has 0 aromatic heterocycles. The van der Waals surface area contributed by atoms with Crippen LogP contribution < -0.4 is 0 Å². The lowest BCUT2D eigenvalue weighted by atomic mass is 9.55. The fourth-order valence-electron chi connectivity index (χ4n) is 9.63. The van der Waals surface area contributed by atoms with Gasteiger partial charge < -0.3 is 0 Å². The highest BCUT2D eigenvalue weighted by molar-refractivity contribution is 7.59. The molecule has 1 heteroatoms. The van der Waals surface area contributed by atoms with E-state index in [0.29, 0.717) is 7.92 Å². The zero-order chi connectivity index (χ0) is 15.8. The van der Waals surface area contributed by atoms with Crippen molar-refractivity contribution in [3.8, 4) is 0 Å². The van der Waals surface area contributed by atoms with Crippen LogP contribution in [0, 0.1) is 47.3 Å². The van der Waals surface area contributed by atoms with E-state index in [1.165, 1.54) is 65.1 Å². The molecule has 0 N–H and O–H groups in total. The predicted octanol–water partition coefficient (Wildman–Crippen LogP) is 6.53. The van der Waals surface area contributed by atoms with E-state index in [1.807, 2.05) is 0 Å². The van der Waals surface area contributed by atoms with Gasteiger partial charge in [-0.25, -0.2) is 0 Å². The summed E-state index contributed by atoms with van der Waals surface area (Å²) in [5.41, 5.74) is 2.46. The largest absolute Gasteiger partial charge is 0.0992 e. The SMILES string of the molecule is CCCP(C1C2CC3CC(C2)CC1C3)C1C2CC3CC(C2)CC1C3. The molecular formula is C23H37P. The van der Waals surface area contributed by atoms with E-state index < -0.39 is 0 Å². The van der Waals surface area contributed by atoms with E-state index >= 15 is 0 Å². The molecule has 0 unspecified atom stereocenters. The van der Waals surface area contributed by atoms with Gasteiger partial charge in [-0.15, -0.1) is 0 Å². The third kappa shape index (κ3) is 2.27. The standard InChI is InChI=1S/C23H37P/c1-2-3-24(22-18-6-14-4-15(8-18)9-19(22)7-14)23-20-10-16-5-17(12-20)13-21(23)11-16/h14-23H,2-13H2,1H3. The van der Waals surface area contributed by atoms with Crippen molar-refractivity contribution >= 4 is 7.92 Å². The van der Waals surface area contributed by atoms with Crippen LogP contribution in [0.5, 0.6) is 0 Å². The summed E-state index contributed by atoms with van der Waals surface area (Å²) in [4.78, 5) is 0. The summed E-state index contributed by atoms with van der Waals surface area (Å²) >= 11 is 0. The number of rotatable bonds is 4. The average Bonchev–Trinajstić information content (AvgIpc) is 2.52. The first-order valence-corrected chi connectivity index (χ1v) is 13.2. The minimum absolute atomic E-state index is 0.339. The van der Waals surface area contributed by atoms with Gasteiger partial charge in [0, 0.05) is 0 Å². The molecule has 0 spiro atoms. The lowest BCUT2D eigenvalue weighted by Crippen LogP contribution is -2.53.